The van der Waals surface area contributed by atoms with E-state index in [1.807, 2.05) is 0 Å². The zero-order chi connectivity index (χ0) is 21.4. The highest BCUT2D eigenvalue weighted by atomic mass is 32.2. The molecule has 5 rings (SSSR count). The van der Waals surface area contributed by atoms with Crippen LogP contribution < -0.4 is 0 Å². The van der Waals surface area contributed by atoms with Crippen LogP contribution in [0.5, 0.6) is 0 Å². The van der Waals surface area contributed by atoms with Gasteiger partial charge in [-0.1, -0.05) is 17.2 Å². The van der Waals surface area contributed by atoms with Gasteiger partial charge < -0.3 is 4.74 Å². The summed E-state index contributed by atoms with van der Waals surface area (Å²) in [5, 5.41) is 4.25. The van der Waals surface area contributed by atoms with E-state index in [9.17, 15) is 9.59 Å². The molecule has 0 unspecified atom stereocenters. The minimum Gasteiger partial charge on any atom is -0.455 e. The van der Waals surface area contributed by atoms with Crippen molar-refractivity contribution in [3.8, 4) is 0 Å². The van der Waals surface area contributed by atoms with E-state index in [-0.39, 0.29) is 22.9 Å². The van der Waals surface area contributed by atoms with Gasteiger partial charge in [-0.3, -0.25) is 4.79 Å². The van der Waals surface area contributed by atoms with Crippen LogP contribution in [0.4, 0.5) is 0 Å². The minimum atomic E-state index is -0.496. The number of esters is 1. The monoisotopic (exact) mass is 434 g/mol. The zero-order valence-corrected chi connectivity index (χ0v) is 18.7. The molecule has 0 spiro atoms. The van der Waals surface area contributed by atoms with Crippen LogP contribution >= 0.6 is 12.0 Å². The molecule has 0 atom stereocenters. The van der Waals surface area contributed by atoms with Crippen LogP contribution in [-0.4, -0.2) is 30.2 Å². The summed E-state index contributed by atoms with van der Waals surface area (Å²) in [5.41, 5.74) is 0.579. The number of ether oxygens (including phenoxy) is 1. The molecule has 0 radical (unpaired) electrons. The summed E-state index contributed by atoms with van der Waals surface area (Å²) in [7, 11) is 1.31. The second kappa shape index (κ2) is 8.61. The highest BCUT2D eigenvalue weighted by Gasteiger charge is 2.58. The number of carbonyl (C=O) groups is 2. The van der Waals surface area contributed by atoms with Crippen molar-refractivity contribution in [2.24, 2.45) is 23.2 Å². The van der Waals surface area contributed by atoms with Gasteiger partial charge in [-0.25, -0.2) is 9.68 Å². The molecule has 7 heteroatoms. The minimum absolute atomic E-state index is 0.0756. The van der Waals surface area contributed by atoms with Crippen LogP contribution in [0.2, 0.25) is 0 Å². The first-order valence-corrected chi connectivity index (χ1v) is 11.6. The maximum Gasteiger partial charge on any atom is 0.338 e. The Morgan fingerprint density at radius 2 is 1.53 bits per heavy atom. The van der Waals surface area contributed by atoms with Crippen LogP contribution in [-0.2, 0) is 19.0 Å². The smallest absolute Gasteiger partial charge is 0.338 e. The Bertz CT molecular complexity index is 752. The number of hydrogen-bond acceptors (Lipinski definition) is 7. The number of rotatable bonds is 9. The molecule has 164 valence electrons. The van der Waals surface area contributed by atoms with Gasteiger partial charge in [0.05, 0.1) is 18.4 Å². The normalized spacial score (nSPS) is 29.8. The molecule has 4 aliphatic rings. The van der Waals surface area contributed by atoms with E-state index < -0.39 is 5.60 Å². The van der Waals surface area contributed by atoms with Gasteiger partial charge in [0.15, 0.2) is 5.78 Å². The Balaban J connectivity index is 1.38. The molecular weight excluding hydrogens is 404 g/mol. The molecule has 0 aromatic heterocycles. The molecule has 1 aromatic carbocycles. The summed E-state index contributed by atoms with van der Waals surface area (Å²) in [6, 6.07) is 6.60. The summed E-state index contributed by atoms with van der Waals surface area (Å²) < 4.78 is 10.7. The summed E-state index contributed by atoms with van der Waals surface area (Å²) in [6.45, 7) is 4.19. The molecule has 0 heterocycles. The fourth-order valence-corrected chi connectivity index (χ4v) is 6.66. The van der Waals surface area contributed by atoms with Crippen molar-refractivity contribution >= 4 is 23.8 Å². The summed E-state index contributed by atoms with van der Waals surface area (Å²) in [5.74, 6) is 2.03. The topological polar surface area (TPSA) is 71.1 Å². The van der Waals surface area contributed by atoms with E-state index in [0.717, 1.165) is 29.8 Å². The fraction of sp³-hybridized carbons (Fsp3) is 0.652. The molecule has 4 saturated carbocycles. The van der Waals surface area contributed by atoms with E-state index in [0.29, 0.717) is 11.1 Å². The van der Waals surface area contributed by atoms with E-state index >= 15 is 0 Å². The van der Waals surface area contributed by atoms with Gasteiger partial charge in [0.1, 0.15) is 5.60 Å². The standard InChI is InChI=1S/C23H30O6S/c1-22(2,23-11-15-8-16(12-23)10-17(9-15)13-23)27-21(25)19-6-4-18(5-7-19)20(24)14-30-29-28-26-3/h4-7,15-17H,8-14H2,1-3H3. The van der Waals surface area contributed by atoms with Crippen molar-refractivity contribution in [1.29, 1.82) is 0 Å². The van der Waals surface area contributed by atoms with Crippen LogP contribution in [0.25, 0.3) is 0 Å². The third kappa shape index (κ3) is 4.31. The third-order valence-corrected chi connectivity index (χ3v) is 7.97. The molecule has 0 saturated heterocycles. The Labute approximate surface area is 182 Å². The first-order valence-electron chi connectivity index (χ1n) is 10.7. The molecule has 6 nitrogen and oxygen atoms in total. The lowest BCUT2D eigenvalue weighted by Gasteiger charge is -2.61. The maximum atomic E-state index is 12.9. The average Bonchev–Trinajstić information content (AvgIpc) is 2.70. The molecule has 4 aliphatic carbocycles. The molecule has 30 heavy (non-hydrogen) atoms. The number of hydrogen-bond donors (Lipinski definition) is 0. The SMILES string of the molecule is COOOSCC(=O)c1ccc(C(=O)OC(C)(C)C23CC4CC(CC(C4)C2)C3)cc1. The molecular formula is C23H30O6S. The van der Waals surface area contributed by atoms with Crippen LogP contribution in [0, 0.1) is 23.2 Å². The van der Waals surface area contributed by atoms with Crippen molar-refractivity contribution < 1.29 is 28.6 Å². The molecule has 1 aromatic rings. The Kier molecular flexibility index (Phi) is 6.26. The largest absolute Gasteiger partial charge is 0.455 e. The Morgan fingerprint density at radius 3 is 2.07 bits per heavy atom. The molecule has 0 amide bonds. The number of carbonyl (C=O) groups excluding carboxylic acids is 2. The highest BCUT2D eigenvalue weighted by Crippen LogP contribution is 2.64. The number of ketones is 1. The van der Waals surface area contributed by atoms with Crippen molar-refractivity contribution in [2.45, 2.75) is 58.0 Å². The van der Waals surface area contributed by atoms with E-state index in [1.165, 1.54) is 45.6 Å². The predicted molar refractivity (Wildman–Crippen MR) is 113 cm³/mol. The number of Topliss-reactive ketones (excluding diaryl/α,β-unsaturated/α-hetero) is 1. The lowest BCUT2D eigenvalue weighted by atomic mass is 9.46. The number of benzene rings is 1. The Morgan fingerprint density at radius 1 is 1.00 bits per heavy atom. The maximum absolute atomic E-state index is 12.9. The van der Waals surface area contributed by atoms with Crippen LogP contribution in [0.1, 0.15) is 73.1 Å². The van der Waals surface area contributed by atoms with Gasteiger partial charge in [-0.2, -0.15) is 0 Å². The average molecular weight is 435 g/mol. The van der Waals surface area contributed by atoms with Gasteiger partial charge in [-0.15, -0.1) is 4.33 Å². The van der Waals surface area contributed by atoms with Crippen molar-refractivity contribution in [3.63, 3.8) is 0 Å². The van der Waals surface area contributed by atoms with Crippen molar-refractivity contribution in [3.05, 3.63) is 35.4 Å². The van der Waals surface area contributed by atoms with Crippen molar-refractivity contribution in [2.75, 3.05) is 12.9 Å². The summed E-state index contributed by atoms with van der Waals surface area (Å²) in [4.78, 5) is 29.4. The van der Waals surface area contributed by atoms with Gasteiger partial charge in [-0.05, 0) is 82.3 Å². The summed E-state index contributed by atoms with van der Waals surface area (Å²) in [6.07, 6.45) is 7.62. The predicted octanol–water partition coefficient (Wildman–Crippen LogP) is 5.18. The quantitative estimate of drug-likeness (QED) is 0.132. The van der Waals surface area contributed by atoms with Crippen LogP contribution in [0.3, 0.4) is 0 Å². The first-order chi connectivity index (χ1) is 14.3. The second-order valence-electron chi connectivity index (χ2n) is 9.66. The fourth-order valence-electron chi connectivity index (χ4n) is 6.25. The lowest BCUT2D eigenvalue weighted by Crippen LogP contribution is -2.57. The van der Waals surface area contributed by atoms with Gasteiger partial charge in [0.2, 0.25) is 0 Å². The van der Waals surface area contributed by atoms with E-state index in [2.05, 4.69) is 28.1 Å². The van der Waals surface area contributed by atoms with Crippen molar-refractivity contribution in [1.82, 2.24) is 0 Å². The third-order valence-electron chi connectivity index (χ3n) is 7.44. The highest BCUT2D eigenvalue weighted by molar-refractivity contribution is 7.95. The molecule has 0 aliphatic heterocycles. The summed E-state index contributed by atoms with van der Waals surface area (Å²) >= 11 is 0.838. The van der Waals surface area contributed by atoms with E-state index in [1.54, 1.807) is 24.3 Å². The Hall–Kier alpha value is -1.41. The van der Waals surface area contributed by atoms with Gasteiger partial charge in [0, 0.05) is 23.0 Å². The van der Waals surface area contributed by atoms with Gasteiger partial charge >= 0.3 is 5.97 Å². The molecule has 0 N–H and O–H groups in total. The molecule has 4 fully saturated rings. The van der Waals surface area contributed by atoms with Crippen LogP contribution in [0.15, 0.2) is 24.3 Å². The van der Waals surface area contributed by atoms with E-state index in [4.69, 9.17) is 4.74 Å². The first kappa shape index (κ1) is 21.8. The molecule has 4 bridgehead atoms. The lowest BCUT2D eigenvalue weighted by molar-refractivity contribution is -0.447. The second-order valence-corrected chi connectivity index (χ2v) is 10.3. The van der Waals surface area contributed by atoms with Gasteiger partial charge in [0.25, 0.3) is 0 Å². The zero-order valence-electron chi connectivity index (χ0n) is 17.8.